The maximum absolute atomic E-state index is 9.63. The second-order valence-electron chi connectivity index (χ2n) is 9.74. The minimum atomic E-state index is -0.130. The second-order valence-corrected chi connectivity index (χ2v) is 9.74. The molecule has 0 radical (unpaired) electrons. The molecular formula is C30H27N2O+. The number of fused-ring (bicyclic) bond motifs is 3. The van der Waals surface area contributed by atoms with Crippen LogP contribution in [0.5, 0.6) is 0 Å². The number of hydrogen-bond acceptors (Lipinski definition) is 2. The van der Waals surface area contributed by atoms with Gasteiger partial charge in [0.25, 0.3) is 0 Å². The molecule has 5 aromatic rings. The van der Waals surface area contributed by atoms with Crippen molar-refractivity contribution in [2.45, 2.75) is 33.1 Å². The Morgan fingerprint density at radius 1 is 0.879 bits per heavy atom. The van der Waals surface area contributed by atoms with Gasteiger partial charge in [0, 0.05) is 28.5 Å². The molecule has 3 aromatic carbocycles. The van der Waals surface area contributed by atoms with Crippen molar-refractivity contribution in [2.24, 2.45) is 7.05 Å². The van der Waals surface area contributed by atoms with Crippen molar-refractivity contribution in [1.29, 1.82) is 5.26 Å². The summed E-state index contributed by atoms with van der Waals surface area (Å²) in [6.45, 7) is 8.56. The molecule has 0 saturated heterocycles. The van der Waals surface area contributed by atoms with Gasteiger partial charge in [-0.05, 0) is 47.2 Å². The maximum atomic E-state index is 9.63. The van der Waals surface area contributed by atoms with Crippen LogP contribution in [-0.4, -0.2) is 0 Å². The zero-order valence-corrected chi connectivity index (χ0v) is 19.7. The van der Waals surface area contributed by atoms with E-state index in [1.807, 2.05) is 18.2 Å². The first-order valence-electron chi connectivity index (χ1n) is 11.2. The molecule has 3 nitrogen and oxygen atoms in total. The van der Waals surface area contributed by atoms with Crippen LogP contribution in [0.25, 0.3) is 44.3 Å². The summed E-state index contributed by atoms with van der Waals surface area (Å²) in [5.74, 6) is 0. The average Bonchev–Trinajstić information content (AvgIpc) is 3.17. The van der Waals surface area contributed by atoms with Crippen molar-refractivity contribution in [3.05, 3.63) is 89.6 Å². The van der Waals surface area contributed by atoms with Gasteiger partial charge < -0.3 is 4.42 Å². The Balaban J connectivity index is 1.82. The topological polar surface area (TPSA) is 40.8 Å². The predicted molar refractivity (Wildman–Crippen MR) is 134 cm³/mol. The smallest absolute Gasteiger partial charge is 0.216 e. The summed E-state index contributed by atoms with van der Waals surface area (Å²) >= 11 is 0. The summed E-state index contributed by atoms with van der Waals surface area (Å²) in [5, 5.41) is 11.8. The molecule has 33 heavy (non-hydrogen) atoms. The zero-order chi connectivity index (χ0) is 23.3. The fourth-order valence-corrected chi connectivity index (χ4v) is 4.72. The molecule has 0 fully saturated rings. The number of benzene rings is 3. The van der Waals surface area contributed by atoms with E-state index in [9.17, 15) is 5.26 Å². The van der Waals surface area contributed by atoms with Crippen LogP contribution >= 0.6 is 0 Å². The molecule has 0 aliphatic rings. The van der Waals surface area contributed by atoms with Gasteiger partial charge in [0.1, 0.15) is 18.2 Å². The van der Waals surface area contributed by atoms with Gasteiger partial charge in [-0.25, -0.2) is 4.57 Å². The predicted octanol–water partition coefficient (Wildman–Crippen LogP) is 7.22. The number of hydrogen-bond donors (Lipinski definition) is 0. The van der Waals surface area contributed by atoms with Crippen LogP contribution in [0.3, 0.4) is 0 Å². The van der Waals surface area contributed by atoms with Crippen LogP contribution in [0.4, 0.5) is 0 Å². The Morgan fingerprint density at radius 3 is 2.39 bits per heavy atom. The first-order chi connectivity index (χ1) is 15.8. The standard InChI is InChI=1S/C30H27N2O/c1-19-12-15-24-23-10-8-9-22(20-13-14-21(18-31)25(17-20)30(2,3)4)28(23)33-29(24)27(19)26-11-6-7-16-32(26)5/h6-17H,1-5H3/q+1. The highest BCUT2D eigenvalue weighted by Crippen LogP contribution is 2.41. The molecule has 5 rings (SSSR count). The summed E-state index contributed by atoms with van der Waals surface area (Å²) in [6, 6.07) is 25.3. The largest absolute Gasteiger partial charge is 0.454 e. The lowest BCUT2D eigenvalue weighted by molar-refractivity contribution is -0.660. The summed E-state index contributed by atoms with van der Waals surface area (Å²) in [7, 11) is 2.06. The van der Waals surface area contributed by atoms with Gasteiger partial charge in [-0.3, -0.25) is 0 Å². The summed E-state index contributed by atoms with van der Waals surface area (Å²) in [6.07, 6.45) is 2.06. The van der Waals surface area contributed by atoms with Crippen LogP contribution < -0.4 is 4.57 Å². The molecule has 0 saturated carbocycles. The highest BCUT2D eigenvalue weighted by molar-refractivity contribution is 6.13. The van der Waals surface area contributed by atoms with Crippen LogP contribution in [-0.2, 0) is 12.5 Å². The number of nitriles is 1. The molecule has 0 unspecified atom stereocenters. The highest BCUT2D eigenvalue weighted by Gasteiger charge is 2.23. The molecule has 3 heteroatoms. The van der Waals surface area contributed by atoms with E-state index in [1.165, 1.54) is 5.56 Å². The van der Waals surface area contributed by atoms with Crippen molar-refractivity contribution in [3.63, 3.8) is 0 Å². The average molecular weight is 432 g/mol. The third kappa shape index (κ3) is 3.39. The minimum absolute atomic E-state index is 0.130. The monoisotopic (exact) mass is 431 g/mol. The summed E-state index contributed by atoms with van der Waals surface area (Å²) in [5.41, 5.74) is 8.94. The minimum Gasteiger partial charge on any atom is -0.454 e. The number of para-hydroxylation sites is 1. The van der Waals surface area contributed by atoms with Gasteiger partial charge in [-0.1, -0.05) is 57.2 Å². The Hall–Kier alpha value is -3.90. The van der Waals surface area contributed by atoms with E-state index in [-0.39, 0.29) is 5.41 Å². The van der Waals surface area contributed by atoms with Crippen LogP contribution in [0.1, 0.15) is 37.5 Å². The van der Waals surface area contributed by atoms with Gasteiger partial charge >= 0.3 is 0 Å². The van der Waals surface area contributed by atoms with Crippen LogP contribution in [0.2, 0.25) is 0 Å². The number of pyridine rings is 1. The fourth-order valence-electron chi connectivity index (χ4n) is 4.72. The SMILES string of the molecule is Cc1ccc2c(oc3c(-c4ccc(C#N)c(C(C)(C)C)c4)cccc32)c1-c1cccc[n+]1C. The van der Waals surface area contributed by atoms with Gasteiger partial charge in [-0.15, -0.1) is 0 Å². The molecule has 0 atom stereocenters. The Kier molecular flexibility index (Phi) is 4.83. The third-order valence-corrected chi connectivity index (χ3v) is 6.45. The fraction of sp³-hybridized carbons (Fsp3) is 0.200. The number of nitrogens with zero attached hydrogens (tertiary/aromatic N) is 2. The number of rotatable bonds is 2. The Morgan fingerprint density at radius 2 is 1.67 bits per heavy atom. The van der Waals surface area contributed by atoms with Gasteiger partial charge in [-0.2, -0.15) is 5.26 Å². The molecule has 0 aliphatic carbocycles. The normalized spacial score (nSPS) is 11.8. The quantitative estimate of drug-likeness (QED) is 0.277. The lowest BCUT2D eigenvalue weighted by atomic mass is 9.82. The molecule has 2 aromatic heterocycles. The first kappa shape index (κ1) is 21.0. The van der Waals surface area contributed by atoms with E-state index in [0.717, 1.165) is 55.4 Å². The zero-order valence-electron chi connectivity index (χ0n) is 19.7. The van der Waals surface area contributed by atoms with Crippen molar-refractivity contribution in [3.8, 4) is 28.5 Å². The summed E-state index contributed by atoms with van der Waals surface area (Å²) in [4.78, 5) is 0. The van der Waals surface area contributed by atoms with E-state index in [0.29, 0.717) is 0 Å². The van der Waals surface area contributed by atoms with E-state index in [2.05, 4.69) is 100 Å². The van der Waals surface area contributed by atoms with Crippen molar-refractivity contribution < 1.29 is 8.98 Å². The third-order valence-electron chi connectivity index (χ3n) is 6.45. The molecule has 0 amide bonds. The van der Waals surface area contributed by atoms with Crippen molar-refractivity contribution >= 4 is 21.9 Å². The molecular weight excluding hydrogens is 404 g/mol. The Bertz CT molecular complexity index is 1580. The van der Waals surface area contributed by atoms with Gasteiger partial charge in [0.15, 0.2) is 6.20 Å². The van der Waals surface area contributed by atoms with E-state index >= 15 is 0 Å². The molecule has 162 valence electrons. The lowest BCUT2D eigenvalue weighted by Crippen LogP contribution is -2.30. The molecule has 0 N–H and O–H groups in total. The maximum Gasteiger partial charge on any atom is 0.216 e. The number of aryl methyl sites for hydroxylation is 2. The highest BCUT2D eigenvalue weighted by atomic mass is 16.3. The Labute approximate surface area is 194 Å². The van der Waals surface area contributed by atoms with Crippen LogP contribution in [0, 0.1) is 18.3 Å². The number of furan rings is 1. The number of aromatic nitrogens is 1. The first-order valence-corrected chi connectivity index (χ1v) is 11.2. The second kappa shape index (κ2) is 7.60. The van der Waals surface area contributed by atoms with Crippen molar-refractivity contribution in [2.75, 3.05) is 0 Å². The van der Waals surface area contributed by atoms with E-state index in [4.69, 9.17) is 4.42 Å². The van der Waals surface area contributed by atoms with Gasteiger partial charge in [0.2, 0.25) is 5.69 Å². The van der Waals surface area contributed by atoms with Crippen molar-refractivity contribution in [1.82, 2.24) is 0 Å². The molecule has 0 aliphatic heterocycles. The molecule has 2 heterocycles. The molecule has 0 bridgehead atoms. The lowest BCUT2D eigenvalue weighted by Gasteiger charge is -2.21. The van der Waals surface area contributed by atoms with Gasteiger partial charge in [0.05, 0.1) is 17.2 Å². The summed E-state index contributed by atoms with van der Waals surface area (Å²) < 4.78 is 8.79. The molecule has 0 spiro atoms. The van der Waals surface area contributed by atoms with Crippen LogP contribution in [0.15, 0.2) is 77.3 Å². The van der Waals surface area contributed by atoms with E-state index < -0.39 is 0 Å². The van der Waals surface area contributed by atoms with E-state index in [1.54, 1.807) is 0 Å².